The van der Waals surface area contributed by atoms with Crippen LogP contribution >= 0.6 is 11.3 Å². The maximum Gasteiger partial charge on any atom is 0.0685 e. The third kappa shape index (κ3) is 2.75. The SMILES string of the molecule is OCc1ccccc1CNCc1csc2ccccc12. The number of benzene rings is 2. The summed E-state index contributed by atoms with van der Waals surface area (Å²) in [6, 6.07) is 16.5. The predicted molar refractivity (Wildman–Crippen MR) is 84.7 cm³/mol. The van der Waals surface area contributed by atoms with Gasteiger partial charge in [-0.3, -0.25) is 0 Å². The van der Waals surface area contributed by atoms with Crippen molar-refractivity contribution in [3.8, 4) is 0 Å². The fraction of sp³-hybridized carbons (Fsp3) is 0.176. The molecule has 102 valence electrons. The Morgan fingerprint density at radius 2 is 1.55 bits per heavy atom. The molecule has 0 amide bonds. The van der Waals surface area contributed by atoms with Crippen LogP contribution < -0.4 is 5.32 Å². The highest BCUT2D eigenvalue weighted by atomic mass is 32.1. The van der Waals surface area contributed by atoms with Crippen LogP contribution in [0.2, 0.25) is 0 Å². The number of hydrogen-bond acceptors (Lipinski definition) is 3. The Morgan fingerprint density at radius 3 is 2.40 bits per heavy atom. The van der Waals surface area contributed by atoms with Gasteiger partial charge in [0, 0.05) is 17.8 Å². The van der Waals surface area contributed by atoms with E-state index in [2.05, 4.69) is 41.0 Å². The molecular weight excluding hydrogens is 266 g/mol. The first-order valence-electron chi connectivity index (χ1n) is 6.72. The third-order valence-corrected chi connectivity index (χ3v) is 4.49. The zero-order valence-corrected chi connectivity index (χ0v) is 12.0. The van der Waals surface area contributed by atoms with Gasteiger partial charge in [-0.25, -0.2) is 0 Å². The van der Waals surface area contributed by atoms with Gasteiger partial charge in [-0.1, -0.05) is 42.5 Å². The normalized spacial score (nSPS) is 11.1. The van der Waals surface area contributed by atoms with Crippen molar-refractivity contribution in [2.75, 3.05) is 0 Å². The number of nitrogens with one attached hydrogen (secondary N) is 1. The van der Waals surface area contributed by atoms with Crippen LogP contribution in [0.15, 0.2) is 53.9 Å². The Hall–Kier alpha value is -1.68. The number of hydrogen-bond donors (Lipinski definition) is 2. The number of rotatable bonds is 5. The Bertz CT molecular complexity index is 705. The largest absolute Gasteiger partial charge is 0.392 e. The molecule has 0 saturated heterocycles. The first kappa shape index (κ1) is 13.3. The summed E-state index contributed by atoms with van der Waals surface area (Å²) >= 11 is 1.79. The highest BCUT2D eigenvalue weighted by molar-refractivity contribution is 7.17. The molecule has 0 spiro atoms. The van der Waals surface area contributed by atoms with Crippen LogP contribution in [0.3, 0.4) is 0 Å². The summed E-state index contributed by atoms with van der Waals surface area (Å²) in [5.74, 6) is 0. The third-order valence-electron chi connectivity index (χ3n) is 3.48. The van der Waals surface area contributed by atoms with Crippen LogP contribution in [0.25, 0.3) is 10.1 Å². The van der Waals surface area contributed by atoms with Crippen molar-refractivity contribution in [1.29, 1.82) is 0 Å². The molecular formula is C17H17NOS. The van der Waals surface area contributed by atoms with Crippen LogP contribution in [-0.4, -0.2) is 5.11 Å². The molecule has 3 aromatic rings. The zero-order valence-electron chi connectivity index (χ0n) is 11.2. The maximum atomic E-state index is 9.32. The topological polar surface area (TPSA) is 32.3 Å². The summed E-state index contributed by atoms with van der Waals surface area (Å²) in [5, 5.41) is 16.3. The van der Waals surface area contributed by atoms with Gasteiger partial charge < -0.3 is 10.4 Å². The molecule has 0 aliphatic rings. The van der Waals surface area contributed by atoms with E-state index in [0.29, 0.717) is 0 Å². The van der Waals surface area contributed by atoms with Gasteiger partial charge in [0.25, 0.3) is 0 Å². The molecule has 0 saturated carbocycles. The van der Waals surface area contributed by atoms with E-state index >= 15 is 0 Å². The number of aliphatic hydroxyl groups is 1. The average Bonchev–Trinajstić information content (AvgIpc) is 2.91. The number of thiophene rings is 1. The molecule has 2 N–H and O–H groups in total. The van der Waals surface area contributed by atoms with E-state index in [1.165, 1.54) is 15.6 Å². The van der Waals surface area contributed by atoms with Crippen LogP contribution in [0.5, 0.6) is 0 Å². The molecule has 20 heavy (non-hydrogen) atoms. The van der Waals surface area contributed by atoms with Gasteiger partial charge in [0.15, 0.2) is 0 Å². The molecule has 0 unspecified atom stereocenters. The van der Waals surface area contributed by atoms with Crippen molar-refractivity contribution in [1.82, 2.24) is 5.32 Å². The monoisotopic (exact) mass is 283 g/mol. The smallest absolute Gasteiger partial charge is 0.0685 e. The molecule has 0 fully saturated rings. The molecule has 0 atom stereocenters. The summed E-state index contributed by atoms with van der Waals surface area (Å²) in [6.45, 7) is 1.73. The fourth-order valence-corrected chi connectivity index (χ4v) is 3.35. The lowest BCUT2D eigenvalue weighted by Crippen LogP contribution is -2.13. The van der Waals surface area contributed by atoms with Crippen molar-refractivity contribution < 1.29 is 5.11 Å². The highest BCUT2D eigenvalue weighted by Crippen LogP contribution is 2.25. The van der Waals surface area contributed by atoms with Crippen molar-refractivity contribution in [3.63, 3.8) is 0 Å². The van der Waals surface area contributed by atoms with Gasteiger partial charge in [-0.15, -0.1) is 11.3 Å². The minimum absolute atomic E-state index is 0.0965. The van der Waals surface area contributed by atoms with E-state index in [9.17, 15) is 5.11 Å². The van der Waals surface area contributed by atoms with Gasteiger partial charge in [-0.05, 0) is 33.5 Å². The molecule has 3 rings (SSSR count). The molecule has 1 aromatic heterocycles. The van der Waals surface area contributed by atoms with Gasteiger partial charge in [-0.2, -0.15) is 0 Å². The Labute approximate surface area is 122 Å². The standard InChI is InChI=1S/C17H17NOS/c19-11-14-6-2-1-5-13(14)9-18-10-15-12-20-17-8-4-3-7-16(15)17/h1-8,12,18-19H,9-11H2. The predicted octanol–water partition coefficient (Wildman–Crippen LogP) is 3.68. The molecule has 0 radical (unpaired) electrons. The second-order valence-corrected chi connectivity index (χ2v) is 5.70. The van der Waals surface area contributed by atoms with E-state index in [1.54, 1.807) is 11.3 Å². The van der Waals surface area contributed by atoms with Crippen molar-refractivity contribution >= 4 is 21.4 Å². The second kappa shape index (κ2) is 6.18. The lowest BCUT2D eigenvalue weighted by molar-refractivity contribution is 0.280. The Balaban J connectivity index is 1.68. The summed E-state index contributed by atoms with van der Waals surface area (Å²) in [6.07, 6.45) is 0. The summed E-state index contributed by atoms with van der Waals surface area (Å²) in [7, 11) is 0. The van der Waals surface area contributed by atoms with E-state index in [0.717, 1.165) is 24.2 Å². The average molecular weight is 283 g/mol. The number of aliphatic hydroxyl groups excluding tert-OH is 1. The highest BCUT2D eigenvalue weighted by Gasteiger charge is 2.04. The first-order chi connectivity index (χ1) is 9.88. The summed E-state index contributed by atoms with van der Waals surface area (Å²) in [5.41, 5.74) is 3.50. The summed E-state index contributed by atoms with van der Waals surface area (Å²) < 4.78 is 1.33. The molecule has 2 aromatic carbocycles. The van der Waals surface area contributed by atoms with Crippen molar-refractivity contribution in [3.05, 3.63) is 70.6 Å². The first-order valence-corrected chi connectivity index (χ1v) is 7.60. The molecule has 0 aliphatic heterocycles. The Morgan fingerprint density at radius 1 is 0.850 bits per heavy atom. The van der Waals surface area contributed by atoms with E-state index in [-0.39, 0.29) is 6.61 Å². The summed E-state index contributed by atoms with van der Waals surface area (Å²) in [4.78, 5) is 0. The minimum atomic E-state index is 0.0965. The van der Waals surface area contributed by atoms with Crippen LogP contribution in [0.4, 0.5) is 0 Å². The lowest BCUT2D eigenvalue weighted by Gasteiger charge is -2.08. The fourth-order valence-electron chi connectivity index (χ4n) is 2.39. The van der Waals surface area contributed by atoms with E-state index in [1.807, 2.05) is 18.2 Å². The van der Waals surface area contributed by atoms with Gasteiger partial charge >= 0.3 is 0 Å². The molecule has 0 aliphatic carbocycles. The van der Waals surface area contributed by atoms with Crippen LogP contribution in [0, 0.1) is 0 Å². The van der Waals surface area contributed by atoms with Crippen LogP contribution in [0.1, 0.15) is 16.7 Å². The van der Waals surface area contributed by atoms with Gasteiger partial charge in [0.2, 0.25) is 0 Å². The lowest BCUT2D eigenvalue weighted by atomic mass is 10.1. The van der Waals surface area contributed by atoms with E-state index in [4.69, 9.17) is 0 Å². The van der Waals surface area contributed by atoms with Gasteiger partial charge in [0.1, 0.15) is 0 Å². The molecule has 1 heterocycles. The number of fused-ring (bicyclic) bond motifs is 1. The molecule has 3 heteroatoms. The van der Waals surface area contributed by atoms with Crippen molar-refractivity contribution in [2.45, 2.75) is 19.7 Å². The second-order valence-electron chi connectivity index (χ2n) is 4.79. The van der Waals surface area contributed by atoms with Gasteiger partial charge in [0.05, 0.1) is 6.61 Å². The maximum absolute atomic E-state index is 9.32. The quantitative estimate of drug-likeness (QED) is 0.748. The molecule has 2 nitrogen and oxygen atoms in total. The Kier molecular flexibility index (Phi) is 4.11. The van der Waals surface area contributed by atoms with Crippen molar-refractivity contribution in [2.24, 2.45) is 0 Å². The van der Waals surface area contributed by atoms with E-state index < -0.39 is 0 Å². The molecule has 0 bridgehead atoms. The minimum Gasteiger partial charge on any atom is -0.392 e. The zero-order chi connectivity index (χ0) is 13.8. The van der Waals surface area contributed by atoms with Crippen LogP contribution in [-0.2, 0) is 19.7 Å².